The van der Waals surface area contributed by atoms with Crippen molar-refractivity contribution in [1.82, 2.24) is 0 Å². The van der Waals surface area contributed by atoms with Gasteiger partial charge in [0.15, 0.2) is 0 Å². The Bertz CT molecular complexity index is 485. The fourth-order valence-electron chi connectivity index (χ4n) is 2.39. The monoisotopic (exact) mass is 291 g/mol. The van der Waals surface area contributed by atoms with Crippen molar-refractivity contribution in [2.45, 2.75) is 39.5 Å². The Morgan fingerprint density at radius 2 is 1.90 bits per heavy atom. The molecule has 0 aromatic heterocycles. The zero-order valence-corrected chi connectivity index (χ0v) is 13.4. The summed E-state index contributed by atoms with van der Waals surface area (Å²) in [7, 11) is 3.07. The summed E-state index contributed by atoms with van der Waals surface area (Å²) in [6.07, 6.45) is 3.81. The van der Waals surface area contributed by atoms with Crippen LogP contribution in [0.25, 0.3) is 0 Å². The van der Waals surface area contributed by atoms with E-state index in [0.717, 1.165) is 25.7 Å². The van der Waals surface area contributed by atoms with Crippen molar-refractivity contribution in [3.63, 3.8) is 0 Å². The minimum atomic E-state index is -0.424. The fourth-order valence-corrected chi connectivity index (χ4v) is 2.39. The van der Waals surface area contributed by atoms with Crippen molar-refractivity contribution in [2.24, 2.45) is 5.92 Å². The first-order chi connectivity index (χ1) is 10.1. The van der Waals surface area contributed by atoms with E-state index in [1.165, 1.54) is 7.11 Å². The molecular formula is C17H25NO3. The van der Waals surface area contributed by atoms with Crippen molar-refractivity contribution >= 4 is 17.6 Å². The van der Waals surface area contributed by atoms with Crippen LogP contribution in [0.2, 0.25) is 0 Å². The van der Waals surface area contributed by atoms with E-state index in [0.29, 0.717) is 11.3 Å². The molecule has 1 aromatic carbocycles. The third-order valence-electron chi connectivity index (χ3n) is 3.75. The van der Waals surface area contributed by atoms with Crippen LogP contribution in [0.4, 0.5) is 5.69 Å². The van der Waals surface area contributed by atoms with Gasteiger partial charge in [-0.1, -0.05) is 38.8 Å². The molecule has 1 atom stereocenters. The lowest BCUT2D eigenvalue weighted by molar-refractivity contribution is -0.122. The van der Waals surface area contributed by atoms with Crippen molar-refractivity contribution in [1.29, 1.82) is 0 Å². The fraction of sp³-hybridized carbons (Fsp3) is 0.529. The summed E-state index contributed by atoms with van der Waals surface area (Å²) >= 11 is 0. The Morgan fingerprint density at radius 3 is 2.48 bits per heavy atom. The molecule has 116 valence electrons. The lowest BCUT2D eigenvalue weighted by atomic mass is 9.97. The summed E-state index contributed by atoms with van der Waals surface area (Å²) in [6, 6.07) is 7.04. The van der Waals surface area contributed by atoms with E-state index in [9.17, 15) is 9.59 Å². The number of rotatable bonds is 7. The highest BCUT2D eigenvalue weighted by atomic mass is 16.5. The molecule has 1 unspecified atom stereocenters. The van der Waals surface area contributed by atoms with Gasteiger partial charge in [-0.25, -0.2) is 4.79 Å². The molecule has 0 aliphatic heterocycles. The molecule has 1 rings (SSSR count). The molecule has 0 aliphatic carbocycles. The number of nitrogens with zero attached hydrogens (tertiary/aromatic N) is 1. The van der Waals surface area contributed by atoms with Crippen molar-refractivity contribution < 1.29 is 14.3 Å². The summed E-state index contributed by atoms with van der Waals surface area (Å²) in [5, 5.41) is 0. The molecule has 4 nitrogen and oxygen atoms in total. The first-order valence-electron chi connectivity index (χ1n) is 7.51. The SMILES string of the molecule is CCCCC(CC)C(=O)N(C)c1ccccc1C(=O)OC. The molecular weight excluding hydrogens is 266 g/mol. The van der Waals surface area contributed by atoms with E-state index in [1.54, 1.807) is 30.1 Å². The van der Waals surface area contributed by atoms with Crippen LogP contribution in [0.5, 0.6) is 0 Å². The molecule has 1 aromatic rings. The number of para-hydroxylation sites is 1. The maximum Gasteiger partial charge on any atom is 0.339 e. The van der Waals surface area contributed by atoms with Crippen LogP contribution < -0.4 is 4.90 Å². The van der Waals surface area contributed by atoms with Crippen LogP contribution >= 0.6 is 0 Å². The van der Waals surface area contributed by atoms with Gasteiger partial charge in [-0.05, 0) is 25.0 Å². The van der Waals surface area contributed by atoms with Gasteiger partial charge < -0.3 is 9.64 Å². The molecule has 0 heterocycles. The van der Waals surface area contributed by atoms with Crippen molar-refractivity contribution in [3.05, 3.63) is 29.8 Å². The second-order valence-corrected chi connectivity index (χ2v) is 5.15. The highest BCUT2D eigenvalue weighted by molar-refractivity contribution is 6.02. The van der Waals surface area contributed by atoms with E-state index in [2.05, 4.69) is 6.92 Å². The van der Waals surface area contributed by atoms with Gasteiger partial charge in [0.1, 0.15) is 0 Å². The summed E-state index contributed by atoms with van der Waals surface area (Å²) in [5.41, 5.74) is 1.02. The quantitative estimate of drug-likeness (QED) is 0.720. The van der Waals surface area contributed by atoms with Gasteiger partial charge in [0.25, 0.3) is 0 Å². The lowest BCUT2D eigenvalue weighted by Crippen LogP contribution is -2.33. The third kappa shape index (κ3) is 4.31. The molecule has 0 saturated heterocycles. The second-order valence-electron chi connectivity index (χ2n) is 5.15. The molecule has 0 radical (unpaired) electrons. The molecule has 0 saturated carbocycles. The maximum absolute atomic E-state index is 12.6. The third-order valence-corrected chi connectivity index (χ3v) is 3.75. The number of ether oxygens (including phenoxy) is 1. The minimum absolute atomic E-state index is 0.000605. The summed E-state index contributed by atoms with van der Waals surface area (Å²) in [4.78, 5) is 26.0. The average Bonchev–Trinajstić information content (AvgIpc) is 2.53. The number of hydrogen-bond acceptors (Lipinski definition) is 3. The number of benzene rings is 1. The summed E-state index contributed by atoms with van der Waals surface area (Å²) < 4.78 is 4.78. The molecule has 21 heavy (non-hydrogen) atoms. The Morgan fingerprint density at radius 1 is 1.24 bits per heavy atom. The number of carbonyl (C=O) groups excluding carboxylic acids is 2. The molecule has 0 aliphatic rings. The standard InChI is InChI=1S/C17H25NO3/c1-5-7-10-13(6-2)16(19)18(3)15-12-9-8-11-14(15)17(20)21-4/h8-9,11-13H,5-7,10H2,1-4H3. The highest BCUT2D eigenvalue weighted by Gasteiger charge is 2.24. The summed E-state index contributed by atoms with van der Waals surface area (Å²) in [5.74, 6) is -0.366. The Kier molecular flexibility index (Phi) is 6.92. The molecule has 0 bridgehead atoms. The molecule has 0 spiro atoms. The number of amides is 1. The van der Waals surface area contributed by atoms with Crippen LogP contribution in [0.15, 0.2) is 24.3 Å². The first kappa shape index (κ1) is 17.2. The van der Waals surface area contributed by atoms with Gasteiger partial charge in [-0.2, -0.15) is 0 Å². The van der Waals surface area contributed by atoms with Crippen molar-refractivity contribution in [3.8, 4) is 0 Å². The number of methoxy groups -OCH3 is 1. The van der Waals surface area contributed by atoms with E-state index in [4.69, 9.17) is 4.74 Å². The normalized spacial score (nSPS) is 11.8. The molecule has 0 fully saturated rings. The Hall–Kier alpha value is -1.84. The molecule has 4 heteroatoms. The van der Waals surface area contributed by atoms with Crippen molar-refractivity contribution in [2.75, 3.05) is 19.1 Å². The van der Waals surface area contributed by atoms with E-state index in [1.807, 2.05) is 13.0 Å². The number of hydrogen-bond donors (Lipinski definition) is 0. The Labute approximate surface area is 127 Å². The number of unbranched alkanes of at least 4 members (excludes halogenated alkanes) is 1. The number of carbonyl (C=O) groups is 2. The van der Waals surface area contributed by atoms with Crippen LogP contribution in [-0.4, -0.2) is 26.0 Å². The van der Waals surface area contributed by atoms with Gasteiger partial charge in [0, 0.05) is 13.0 Å². The van der Waals surface area contributed by atoms with E-state index in [-0.39, 0.29) is 11.8 Å². The zero-order chi connectivity index (χ0) is 15.8. The zero-order valence-electron chi connectivity index (χ0n) is 13.4. The van der Waals surface area contributed by atoms with Crippen LogP contribution in [0, 0.1) is 5.92 Å². The van der Waals surface area contributed by atoms with E-state index < -0.39 is 5.97 Å². The van der Waals surface area contributed by atoms with Crippen LogP contribution in [-0.2, 0) is 9.53 Å². The number of anilines is 1. The average molecular weight is 291 g/mol. The summed E-state index contributed by atoms with van der Waals surface area (Å²) in [6.45, 7) is 4.14. The minimum Gasteiger partial charge on any atom is -0.465 e. The van der Waals surface area contributed by atoms with Crippen LogP contribution in [0.3, 0.4) is 0 Å². The first-order valence-corrected chi connectivity index (χ1v) is 7.51. The van der Waals surface area contributed by atoms with Gasteiger partial charge in [0.05, 0.1) is 18.4 Å². The molecule has 0 N–H and O–H groups in total. The van der Waals surface area contributed by atoms with Crippen LogP contribution in [0.1, 0.15) is 49.9 Å². The van der Waals surface area contributed by atoms with Gasteiger partial charge in [-0.3, -0.25) is 4.79 Å². The second kappa shape index (κ2) is 8.45. The van der Waals surface area contributed by atoms with Gasteiger partial charge in [-0.15, -0.1) is 0 Å². The largest absolute Gasteiger partial charge is 0.465 e. The van der Waals surface area contributed by atoms with Gasteiger partial charge in [0.2, 0.25) is 5.91 Å². The maximum atomic E-state index is 12.6. The Balaban J connectivity index is 2.99. The van der Waals surface area contributed by atoms with E-state index >= 15 is 0 Å². The molecule has 1 amide bonds. The highest BCUT2D eigenvalue weighted by Crippen LogP contribution is 2.24. The topological polar surface area (TPSA) is 46.6 Å². The number of esters is 1. The predicted octanol–water partition coefficient (Wildman–Crippen LogP) is 3.65. The van der Waals surface area contributed by atoms with Gasteiger partial charge >= 0.3 is 5.97 Å². The lowest BCUT2D eigenvalue weighted by Gasteiger charge is -2.24. The smallest absolute Gasteiger partial charge is 0.339 e. The predicted molar refractivity (Wildman–Crippen MR) is 84.5 cm³/mol.